The van der Waals surface area contributed by atoms with Crippen LogP contribution in [-0.4, -0.2) is 55.7 Å². The van der Waals surface area contributed by atoms with Gasteiger partial charge in [-0.1, -0.05) is 15.9 Å². The molecule has 0 aromatic rings. The number of hydrogen-bond acceptors (Lipinski definition) is 3. The summed E-state index contributed by atoms with van der Waals surface area (Å²) in [5, 5.41) is 0.800. The SMILES string of the molecule is COCCN(CCBr)C(=O)CC1CCCO1. The maximum absolute atomic E-state index is 12.0. The van der Waals surface area contributed by atoms with Gasteiger partial charge < -0.3 is 14.4 Å². The van der Waals surface area contributed by atoms with E-state index in [4.69, 9.17) is 9.47 Å². The van der Waals surface area contributed by atoms with Crippen molar-refractivity contribution < 1.29 is 14.3 Å². The summed E-state index contributed by atoms with van der Waals surface area (Å²) in [7, 11) is 1.65. The molecule has 1 amide bonds. The second kappa shape index (κ2) is 8.03. The lowest BCUT2D eigenvalue weighted by Crippen LogP contribution is -2.37. The fourth-order valence-electron chi connectivity index (χ4n) is 1.79. The highest BCUT2D eigenvalue weighted by Gasteiger charge is 2.22. The molecule has 1 unspecified atom stereocenters. The summed E-state index contributed by atoms with van der Waals surface area (Å²) in [6.45, 7) is 2.78. The number of ether oxygens (including phenoxy) is 2. The molecule has 1 aliphatic rings. The molecule has 4 nitrogen and oxygen atoms in total. The molecule has 0 aromatic heterocycles. The highest BCUT2D eigenvalue weighted by Crippen LogP contribution is 2.16. The van der Waals surface area contributed by atoms with Crippen LogP contribution in [0.15, 0.2) is 0 Å². The second-order valence-corrected chi connectivity index (χ2v) is 4.69. The highest BCUT2D eigenvalue weighted by molar-refractivity contribution is 9.09. The number of methoxy groups -OCH3 is 1. The van der Waals surface area contributed by atoms with E-state index in [1.165, 1.54) is 0 Å². The minimum atomic E-state index is 0.132. The maximum Gasteiger partial charge on any atom is 0.225 e. The summed E-state index contributed by atoms with van der Waals surface area (Å²) in [5.74, 6) is 0.170. The Morgan fingerprint density at radius 3 is 2.94 bits per heavy atom. The zero-order valence-corrected chi connectivity index (χ0v) is 11.4. The van der Waals surface area contributed by atoms with E-state index in [-0.39, 0.29) is 12.0 Å². The Labute approximate surface area is 105 Å². The molecule has 1 saturated heterocycles. The molecule has 0 aliphatic carbocycles. The van der Waals surface area contributed by atoms with E-state index in [2.05, 4.69) is 15.9 Å². The van der Waals surface area contributed by atoms with Gasteiger partial charge >= 0.3 is 0 Å². The summed E-state index contributed by atoms with van der Waals surface area (Å²) in [4.78, 5) is 13.8. The lowest BCUT2D eigenvalue weighted by Gasteiger charge is -2.22. The first-order valence-electron chi connectivity index (χ1n) is 5.72. The van der Waals surface area contributed by atoms with Crippen molar-refractivity contribution in [3.63, 3.8) is 0 Å². The lowest BCUT2D eigenvalue weighted by molar-refractivity contribution is -0.133. The molecule has 1 heterocycles. The molecule has 1 aliphatic heterocycles. The zero-order valence-electron chi connectivity index (χ0n) is 9.78. The third-order valence-electron chi connectivity index (χ3n) is 2.70. The van der Waals surface area contributed by atoms with E-state index in [1.807, 2.05) is 4.90 Å². The minimum Gasteiger partial charge on any atom is -0.383 e. The molecule has 5 heteroatoms. The number of rotatable bonds is 7. The number of hydrogen-bond donors (Lipinski definition) is 0. The summed E-state index contributed by atoms with van der Waals surface area (Å²) in [6.07, 6.45) is 2.73. The van der Waals surface area contributed by atoms with Crippen molar-refractivity contribution in [2.24, 2.45) is 0 Å². The monoisotopic (exact) mass is 293 g/mol. The van der Waals surface area contributed by atoms with Crippen molar-refractivity contribution in [2.75, 3.05) is 38.7 Å². The molecule has 1 rings (SSSR count). The average molecular weight is 294 g/mol. The van der Waals surface area contributed by atoms with Gasteiger partial charge in [-0.3, -0.25) is 4.79 Å². The Morgan fingerprint density at radius 2 is 2.38 bits per heavy atom. The molecule has 1 fully saturated rings. The predicted octanol–water partition coefficient (Wildman–Crippen LogP) is 1.43. The smallest absolute Gasteiger partial charge is 0.225 e. The van der Waals surface area contributed by atoms with Crippen LogP contribution in [0.3, 0.4) is 0 Å². The summed E-state index contributed by atoms with van der Waals surface area (Å²) < 4.78 is 10.5. The lowest BCUT2D eigenvalue weighted by atomic mass is 10.1. The van der Waals surface area contributed by atoms with E-state index >= 15 is 0 Å². The van der Waals surface area contributed by atoms with Crippen molar-refractivity contribution in [3.05, 3.63) is 0 Å². The normalized spacial score (nSPS) is 20.0. The van der Waals surface area contributed by atoms with Crippen LogP contribution in [0.1, 0.15) is 19.3 Å². The van der Waals surface area contributed by atoms with Crippen molar-refractivity contribution >= 4 is 21.8 Å². The van der Waals surface area contributed by atoms with Crippen LogP contribution in [0.4, 0.5) is 0 Å². The van der Waals surface area contributed by atoms with E-state index in [0.29, 0.717) is 19.6 Å². The van der Waals surface area contributed by atoms with Gasteiger partial charge in [0.15, 0.2) is 0 Å². The summed E-state index contributed by atoms with van der Waals surface area (Å²) in [5.41, 5.74) is 0. The number of alkyl halides is 1. The van der Waals surface area contributed by atoms with E-state index in [1.54, 1.807) is 7.11 Å². The predicted molar refractivity (Wildman–Crippen MR) is 65.8 cm³/mol. The molecule has 0 bridgehead atoms. The fraction of sp³-hybridized carbons (Fsp3) is 0.909. The first kappa shape index (κ1) is 13.9. The van der Waals surface area contributed by atoms with Crippen LogP contribution < -0.4 is 0 Å². The van der Waals surface area contributed by atoms with Gasteiger partial charge in [-0.05, 0) is 12.8 Å². The van der Waals surface area contributed by atoms with Crippen LogP contribution in [0.25, 0.3) is 0 Å². The molecule has 16 heavy (non-hydrogen) atoms. The quantitative estimate of drug-likeness (QED) is 0.667. The Hall–Kier alpha value is -0.130. The van der Waals surface area contributed by atoms with Crippen molar-refractivity contribution in [2.45, 2.75) is 25.4 Å². The first-order chi connectivity index (χ1) is 7.77. The molecule has 0 saturated carbocycles. The number of halogens is 1. The van der Waals surface area contributed by atoms with Crippen LogP contribution in [0.5, 0.6) is 0 Å². The van der Waals surface area contributed by atoms with Gasteiger partial charge in [-0.2, -0.15) is 0 Å². The topological polar surface area (TPSA) is 38.8 Å². The van der Waals surface area contributed by atoms with E-state index in [0.717, 1.165) is 31.3 Å². The number of carbonyl (C=O) groups excluding carboxylic acids is 1. The second-order valence-electron chi connectivity index (χ2n) is 3.90. The number of carbonyl (C=O) groups is 1. The van der Waals surface area contributed by atoms with Crippen molar-refractivity contribution in [3.8, 4) is 0 Å². The number of nitrogens with zero attached hydrogens (tertiary/aromatic N) is 1. The fourth-order valence-corrected chi connectivity index (χ4v) is 2.22. The van der Waals surface area contributed by atoms with E-state index < -0.39 is 0 Å². The van der Waals surface area contributed by atoms with Gasteiger partial charge in [0.1, 0.15) is 0 Å². The largest absolute Gasteiger partial charge is 0.383 e. The third-order valence-corrected chi connectivity index (χ3v) is 3.05. The minimum absolute atomic E-state index is 0.132. The molecule has 0 aromatic carbocycles. The molecule has 0 spiro atoms. The molecule has 1 atom stereocenters. The van der Waals surface area contributed by atoms with Crippen molar-refractivity contribution in [1.29, 1.82) is 0 Å². The Balaban J connectivity index is 2.32. The standard InChI is InChI=1S/C11H20BrNO3/c1-15-8-6-13(5-4-12)11(14)9-10-3-2-7-16-10/h10H,2-9H2,1H3. The molecule has 94 valence electrons. The molecule has 0 radical (unpaired) electrons. The highest BCUT2D eigenvalue weighted by atomic mass is 79.9. The average Bonchev–Trinajstić information content (AvgIpc) is 2.76. The van der Waals surface area contributed by atoms with Gasteiger partial charge in [0, 0.05) is 32.1 Å². The third kappa shape index (κ3) is 4.80. The van der Waals surface area contributed by atoms with E-state index in [9.17, 15) is 4.79 Å². The van der Waals surface area contributed by atoms with Gasteiger partial charge in [0.2, 0.25) is 5.91 Å². The molecule has 0 N–H and O–H groups in total. The first-order valence-corrected chi connectivity index (χ1v) is 6.84. The van der Waals surface area contributed by atoms with Gasteiger partial charge in [0.25, 0.3) is 0 Å². The van der Waals surface area contributed by atoms with Gasteiger partial charge in [-0.25, -0.2) is 0 Å². The number of amides is 1. The summed E-state index contributed by atoms with van der Waals surface area (Å²) >= 11 is 3.36. The van der Waals surface area contributed by atoms with Crippen LogP contribution in [0, 0.1) is 0 Å². The van der Waals surface area contributed by atoms with Gasteiger partial charge in [-0.15, -0.1) is 0 Å². The Kier molecular flexibility index (Phi) is 7.00. The molecular weight excluding hydrogens is 274 g/mol. The van der Waals surface area contributed by atoms with Crippen LogP contribution in [0.2, 0.25) is 0 Å². The van der Waals surface area contributed by atoms with Crippen LogP contribution >= 0.6 is 15.9 Å². The Bertz CT molecular complexity index is 207. The van der Waals surface area contributed by atoms with Crippen LogP contribution in [-0.2, 0) is 14.3 Å². The molecular formula is C11H20BrNO3. The zero-order chi connectivity index (χ0) is 11.8. The van der Waals surface area contributed by atoms with Crippen molar-refractivity contribution in [1.82, 2.24) is 4.90 Å². The summed E-state index contributed by atoms with van der Waals surface area (Å²) in [6, 6.07) is 0. The van der Waals surface area contributed by atoms with Gasteiger partial charge in [0.05, 0.1) is 19.1 Å². The Morgan fingerprint density at radius 1 is 1.56 bits per heavy atom. The maximum atomic E-state index is 12.0.